The molecule has 0 amide bonds. The minimum atomic E-state index is -0.240. The number of rotatable bonds is 3. The van der Waals surface area contributed by atoms with Gasteiger partial charge in [0.25, 0.3) is 0 Å². The van der Waals surface area contributed by atoms with Crippen LogP contribution in [0.15, 0.2) is 30.3 Å². The van der Waals surface area contributed by atoms with E-state index in [9.17, 15) is 0 Å². The van der Waals surface area contributed by atoms with Crippen LogP contribution in [0.4, 0.5) is 0 Å². The molecule has 0 aliphatic carbocycles. The van der Waals surface area contributed by atoms with Crippen LogP contribution in [0.25, 0.3) is 0 Å². The molecule has 3 nitrogen and oxygen atoms in total. The number of methoxy groups -OCH3 is 2. The van der Waals surface area contributed by atoms with Crippen molar-refractivity contribution in [3.05, 3.63) is 35.9 Å². The van der Waals surface area contributed by atoms with Crippen LogP contribution in [0.3, 0.4) is 0 Å². The van der Waals surface area contributed by atoms with E-state index in [2.05, 4.69) is 0 Å². The summed E-state index contributed by atoms with van der Waals surface area (Å²) in [6.07, 6.45) is -0.240. The molecule has 0 atom stereocenters. The number of ether oxygens (including phenoxy) is 2. The molecule has 0 aliphatic rings. The third kappa shape index (κ3) is 4.61. The van der Waals surface area contributed by atoms with Crippen molar-refractivity contribution in [2.45, 2.75) is 13.2 Å². The second kappa shape index (κ2) is 8.24. The van der Waals surface area contributed by atoms with Crippen molar-refractivity contribution in [3.63, 3.8) is 0 Å². The summed E-state index contributed by atoms with van der Waals surface area (Å²) in [5.74, 6) is 0. The van der Waals surface area contributed by atoms with E-state index in [-0.39, 0.29) is 6.29 Å². The average molecular weight is 193 g/mol. The topological polar surface area (TPSA) is 42.2 Å². The summed E-state index contributed by atoms with van der Waals surface area (Å²) in [6.45, 7) is 1.43. The monoisotopic (exact) mass is 193 g/mol. The highest BCUT2D eigenvalue weighted by atomic mass is 16.7. The van der Waals surface area contributed by atoms with E-state index < -0.39 is 0 Å². The quantitative estimate of drug-likeness (QED) is 0.692. The molecule has 0 saturated carbocycles. The molecule has 0 unspecified atom stereocenters. The van der Waals surface area contributed by atoms with Crippen molar-refractivity contribution >= 4 is 0 Å². The number of nitrogens with zero attached hydrogens (tertiary/aromatic N) is 1. The van der Waals surface area contributed by atoms with Crippen molar-refractivity contribution < 1.29 is 9.47 Å². The minimum absolute atomic E-state index is 0.240. The van der Waals surface area contributed by atoms with E-state index in [0.29, 0.717) is 0 Å². The van der Waals surface area contributed by atoms with Crippen molar-refractivity contribution in [2.75, 3.05) is 14.2 Å². The maximum Gasteiger partial charge on any atom is 0.183 e. The highest BCUT2D eigenvalue weighted by Crippen LogP contribution is 2.15. The van der Waals surface area contributed by atoms with E-state index >= 15 is 0 Å². The highest BCUT2D eigenvalue weighted by molar-refractivity contribution is 5.15. The first kappa shape index (κ1) is 12.6. The third-order valence-electron chi connectivity index (χ3n) is 1.50. The maximum atomic E-state index is 7.32. The molecule has 0 aliphatic heterocycles. The molecule has 1 rings (SSSR count). The molecule has 0 saturated heterocycles. The summed E-state index contributed by atoms with van der Waals surface area (Å²) in [6, 6.07) is 11.6. The summed E-state index contributed by atoms with van der Waals surface area (Å²) >= 11 is 0. The Morgan fingerprint density at radius 1 is 1.14 bits per heavy atom. The molecule has 1 aromatic carbocycles. The second-order valence-corrected chi connectivity index (χ2v) is 2.44. The van der Waals surface area contributed by atoms with Crippen LogP contribution in [-0.2, 0) is 9.47 Å². The Kier molecular flexibility index (Phi) is 7.43. The first-order chi connectivity index (χ1) is 6.79. The van der Waals surface area contributed by atoms with E-state index in [4.69, 9.17) is 14.7 Å². The molecular weight excluding hydrogens is 178 g/mol. The van der Waals surface area contributed by atoms with Gasteiger partial charge in [0.1, 0.15) is 0 Å². The maximum absolute atomic E-state index is 7.32. The van der Waals surface area contributed by atoms with Crippen LogP contribution < -0.4 is 0 Å². The van der Waals surface area contributed by atoms with Gasteiger partial charge in [-0.1, -0.05) is 30.3 Å². The van der Waals surface area contributed by atoms with Gasteiger partial charge in [-0.15, -0.1) is 0 Å². The van der Waals surface area contributed by atoms with Gasteiger partial charge in [0.05, 0.1) is 6.07 Å². The summed E-state index contributed by atoms with van der Waals surface area (Å²) < 4.78 is 10.1. The fraction of sp³-hybridized carbons (Fsp3) is 0.364. The predicted molar refractivity (Wildman–Crippen MR) is 54.5 cm³/mol. The van der Waals surface area contributed by atoms with Gasteiger partial charge in [-0.05, 0) is 0 Å². The van der Waals surface area contributed by atoms with Crippen LogP contribution in [-0.4, -0.2) is 14.2 Å². The van der Waals surface area contributed by atoms with Crippen LogP contribution in [0.1, 0.15) is 18.8 Å². The smallest absolute Gasteiger partial charge is 0.183 e. The van der Waals surface area contributed by atoms with Crippen molar-refractivity contribution in [3.8, 4) is 6.07 Å². The Balaban J connectivity index is 0.000000500. The van der Waals surface area contributed by atoms with Gasteiger partial charge in [-0.25, -0.2) is 0 Å². The van der Waals surface area contributed by atoms with Crippen LogP contribution >= 0.6 is 0 Å². The Hall–Kier alpha value is -1.37. The summed E-state index contributed by atoms with van der Waals surface area (Å²) in [5.41, 5.74) is 1.04. The second-order valence-electron chi connectivity index (χ2n) is 2.44. The summed E-state index contributed by atoms with van der Waals surface area (Å²) in [4.78, 5) is 0. The molecule has 0 bridgehead atoms. The lowest BCUT2D eigenvalue weighted by atomic mass is 10.2. The minimum Gasteiger partial charge on any atom is -0.352 e. The van der Waals surface area contributed by atoms with Crippen molar-refractivity contribution in [1.29, 1.82) is 5.26 Å². The molecule has 0 radical (unpaired) electrons. The number of hydrogen-bond acceptors (Lipinski definition) is 3. The Morgan fingerprint density at radius 2 is 1.57 bits per heavy atom. The van der Waals surface area contributed by atoms with Gasteiger partial charge in [-0.2, -0.15) is 5.26 Å². The standard InChI is InChI=1S/C9H12O2.C2H3N/c1-10-9(11-2)8-6-4-3-5-7-8;1-2-3/h3-7,9H,1-2H3;1H3. The van der Waals surface area contributed by atoms with Crippen LogP contribution in [0, 0.1) is 11.3 Å². The van der Waals surface area contributed by atoms with Gasteiger partial charge in [0, 0.05) is 26.7 Å². The van der Waals surface area contributed by atoms with Gasteiger partial charge in [0.15, 0.2) is 6.29 Å². The van der Waals surface area contributed by atoms with Crippen LogP contribution in [0.2, 0.25) is 0 Å². The van der Waals surface area contributed by atoms with Crippen molar-refractivity contribution in [2.24, 2.45) is 0 Å². The Labute approximate surface area is 84.9 Å². The molecule has 0 heterocycles. The van der Waals surface area contributed by atoms with Gasteiger partial charge in [-0.3, -0.25) is 0 Å². The normalized spacial score (nSPS) is 8.79. The van der Waals surface area contributed by atoms with E-state index in [0.717, 1.165) is 5.56 Å². The van der Waals surface area contributed by atoms with E-state index in [1.165, 1.54) is 6.92 Å². The van der Waals surface area contributed by atoms with Gasteiger partial charge in [0.2, 0.25) is 0 Å². The summed E-state index contributed by atoms with van der Waals surface area (Å²) in [5, 5.41) is 7.32. The molecular formula is C11H15NO2. The van der Waals surface area contributed by atoms with Crippen LogP contribution in [0.5, 0.6) is 0 Å². The molecule has 1 aromatic rings. The Bertz CT molecular complexity index is 262. The Morgan fingerprint density at radius 3 is 1.93 bits per heavy atom. The molecule has 76 valence electrons. The van der Waals surface area contributed by atoms with E-state index in [1.807, 2.05) is 30.3 Å². The predicted octanol–water partition coefficient (Wildman–Crippen LogP) is 2.51. The zero-order chi connectivity index (χ0) is 10.8. The number of benzene rings is 1. The first-order valence-corrected chi connectivity index (χ1v) is 4.21. The lowest BCUT2D eigenvalue weighted by Gasteiger charge is -2.12. The zero-order valence-corrected chi connectivity index (χ0v) is 8.73. The summed E-state index contributed by atoms with van der Waals surface area (Å²) in [7, 11) is 3.25. The average Bonchev–Trinajstić information content (AvgIpc) is 2.22. The molecule has 14 heavy (non-hydrogen) atoms. The zero-order valence-electron chi connectivity index (χ0n) is 8.73. The first-order valence-electron chi connectivity index (χ1n) is 4.21. The van der Waals surface area contributed by atoms with Crippen molar-refractivity contribution in [1.82, 2.24) is 0 Å². The highest BCUT2D eigenvalue weighted by Gasteiger charge is 2.05. The lowest BCUT2D eigenvalue weighted by molar-refractivity contribution is -0.106. The largest absolute Gasteiger partial charge is 0.352 e. The van der Waals surface area contributed by atoms with Gasteiger partial charge < -0.3 is 9.47 Å². The molecule has 0 fully saturated rings. The fourth-order valence-electron chi connectivity index (χ4n) is 0.979. The molecule has 3 heteroatoms. The molecule has 0 spiro atoms. The third-order valence-corrected chi connectivity index (χ3v) is 1.50. The number of nitriles is 1. The number of hydrogen-bond donors (Lipinski definition) is 0. The fourth-order valence-corrected chi connectivity index (χ4v) is 0.979. The SMILES string of the molecule is CC#N.COC(OC)c1ccccc1. The van der Waals surface area contributed by atoms with Gasteiger partial charge >= 0.3 is 0 Å². The van der Waals surface area contributed by atoms with E-state index in [1.54, 1.807) is 20.3 Å². The molecule has 0 aromatic heterocycles. The lowest BCUT2D eigenvalue weighted by Crippen LogP contribution is -2.02. The molecule has 0 N–H and O–H groups in total.